The number of carbonyl (C=O) groups is 2. The zero-order chi connectivity index (χ0) is 17.6. The Morgan fingerprint density at radius 3 is 2.56 bits per heavy atom. The number of halogens is 1. The third kappa shape index (κ3) is 4.60. The molecule has 25 heavy (non-hydrogen) atoms. The summed E-state index contributed by atoms with van der Waals surface area (Å²) >= 11 is 7.56. The Hall–Kier alpha value is -1.89. The fraction of sp³-hybridized carbons (Fsp3) is 0.333. The summed E-state index contributed by atoms with van der Waals surface area (Å²) in [6.45, 7) is 4.38. The van der Waals surface area contributed by atoms with Gasteiger partial charge in [-0.1, -0.05) is 23.7 Å². The number of carbonyl (C=O) groups excluding carboxylic acids is 2. The molecule has 0 radical (unpaired) electrons. The van der Waals surface area contributed by atoms with Gasteiger partial charge in [0.1, 0.15) is 0 Å². The fourth-order valence-corrected chi connectivity index (χ4v) is 3.66. The summed E-state index contributed by atoms with van der Waals surface area (Å²) in [5, 5.41) is 7.17. The molecule has 1 N–H and O–H groups in total. The van der Waals surface area contributed by atoms with Crippen LogP contribution < -0.4 is 5.32 Å². The zero-order valence-corrected chi connectivity index (χ0v) is 15.4. The molecule has 0 saturated carbocycles. The van der Waals surface area contributed by atoms with Gasteiger partial charge >= 0.3 is 0 Å². The SMILES string of the molecule is O=C(NCCN1CCN(C(=O)c2ccsc2)CC1)c1ccccc1Cl. The van der Waals surface area contributed by atoms with Crippen LogP contribution in [-0.4, -0.2) is 60.9 Å². The van der Waals surface area contributed by atoms with Gasteiger partial charge in [0, 0.05) is 44.6 Å². The topological polar surface area (TPSA) is 52.7 Å². The summed E-state index contributed by atoms with van der Waals surface area (Å²) in [6, 6.07) is 8.89. The average Bonchev–Trinajstić information content (AvgIpc) is 3.16. The second-order valence-corrected chi connectivity index (χ2v) is 7.07. The van der Waals surface area contributed by atoms with Crippen molar-refractivity contribution in [3.05, 3.63) is 57.2 Å². The Morgan fingerprint density at radius 1 is 1.12 bits per heavy atom. The molecule has 1 aromatic carbocycles. The van der Waals surface area contributed by atoms with Crippen molar-refractivity contribution in [2.45, 2.75) is 0 Å². The first-order valence-corrected chi connectivity index (χ1v) is 9.54. The monoisotopic (exact) mass is 377 g/mol. The number of nitrogens with zero attached hydrogens (tertiary/aromatic N) is 2. The molecule has 7 heteroatoms. The van der Waals surface area contributed by atoms with E-state index in [1.54, 1.807) is 24.3 Å². The van der Waals surface area contributed by atoms with E-state index < -0.39 is 0 Å². The van der Waals surface area contributed by atoms with Crippen molar-refractivity contribution in [3.63, 3.8) is 0 Å². The van der Waals surface area contributed by atoms with Crippen molar-refractivity contribution in [2.24, 2.45) is 0 Å². The van der Waals surface area contributed by atoms with E-state index in [-0.39, 0.29) is 11.8 Å². The lowest BCUT2D eigenvalue weighted by Gasteiger charge is -2.34. The van der Waals surface area contributed by atoms with Crippen LogP contribution >= 0.6 is 22.9 Å². The molecule has 0 atom stereocenters. The first-order valence-electron chi connectivity index (χ1n) is 8.21. The van der Waals surface area contributed by atoms with Crippen molar-refractivity contribution in [3.8, 4) is 0 Å². The highest BCUT2D eigenvalue weighted by Gasteiger charge is 2.22. The van der Waals surface area contributed by atoms with Gasteiger partial charge in [-0.15, -0.1) is 0 Å². The number of hydrogen-bond donors (Lipinski definition) is 1. The van der Waals surface area contributed by atoms with Gasteiger partial charge < -0.3 is 10.2 Å². The molecule has 0 spiro atoms. The van der Waals surface area contributed by atoms with Crippen molar-refractivity contribution < 1.29 is 9.59 Å². The molecule has 1 aliphatic heterocycles. The van der Waals surface area contributed by atoms with E-state index in [9.17, 15) is 9.59 Å². The van der Waals surface area contributed by atoms with E-state index in [4.69, 9.17) is 11.6 Å². The van der Waals surface area contributed by atoms with E-state index in [2.05, 4.69) is 10.2 Å². The maximum absolute atomic E-state index is 12.3. The molecule has 1 saturated heterocycles. The fourth-order valence-electron chi connectivity index (χ4n) is 2.81. The Kier molecular flexibility index (Phi) is 6.07. The summed E-state index contributed by atoms with van der Waals surface area (Å²) in [4.78, 5) is 28.6. The van der Waals surface area contributed by atoms with Crippen molar-refractivity contribution in [1.29, 1.82) is 0 Å². The standard InChI is InChI=1S/C18H20ClN3O2S/c19-16-4-2-1-3-15(16)17(23)20-6-7-21-8-10-22(11-9-21)18(24)14-5-12-25-13-14/h1-5,12-13H,6-11H2,(H,20,23). The Morgan fingerprint density at radius 2 is 1.88 bits per heavy atom. The van der Waals surface area contributed by atoms with Crippen LogP contribution in [0.1, 0.15) is 20.7 Å². The van der Waals surface area contributed by atoms with Gasteiger partial charge in [0.2, 0.25) is 0 Å². The maximum Gasteiger partial charge on any atom is 0.254 e. The molecule has 2 heterocycles. The zero-order valence-electron chi connectivity index (χ0n) is 13.8. The van der Waals surface area contributed by atoms with E-state index >= 15 is 0 Å². The summed E-state index contributed by atoms with van der Waals surface area (Å²) in [7, 11) is 0. The smallest absolute Gasteiger partial charge is 0.254 e. The Balaban J connectivity index is 1.40. The van der Waals surface area contributed by atoms with Gasteiger partial charge in [0.05, 0.1) is 16.1 Å². The van der Waals surface area contributed by atoms with Gasteiger partial charge in [-0.25, -0.2) is 0 Å². The number of benzene rings is 1. The molecule has 1 aliphatic rings. The molecule has 0 bridgehead atoms. The number of rotatable bonds is 5. The van der Waals surface area contributed by atoms with Gasteiger partial charge in [-0.05, 0) is 23.6 Å². The predicted octanol–water partition coefficient (Wildman–Crippen LogP) is 2.59. The average molecular weight is 378 g/mol. The van der Waals surface area contributed by atoms with E-state index in [1.807, 2.05) is 21.7 Å². The molecule has 2 aromatic rings. The summed E-state index contributed by atoms with van der Waals surface area (Å²) in [6.07, 6.45) is 0. The maximum atomic E-state index is 12.3. The summed E-state index contributed by atoms with van der Waals surface area (Å²) in [5.41, 5.74) is 1.26. The number of piperazine rings is 1. The molecule has 1 fully saturated rings. The molecule has 5 nitrogen and oxygen atoms in total. The minimum atomic E-state index is -0.156. The van der Waals surface area contributed by atoms with E-state index in [0.29, 0.717) is 30.2 Å². The molecular weight excluding hydrogens is 358 g/mol. The summed E-state index contributed by atoms with van der Waals surface area (Å²) in [5.74, 6) is -0.0511. The lowest BCUT2D eigenvalue weighted by atomic mass is 10.2. The highest BCUT2D eigenvalue weighted by atomic mass is 35.5. The van der Waals surface area contributed by atoms with Crippen LogP contribution in [0, 0.1) is 0 Å². The quantitative estimate of drug-likeness (QED) is 0.871. The first-order chi connectivity index (χ1) is 12.1. The number of amides is 2. The highest BCUT2D eigenvalue weighted by Crippen LogP contribution is 2.14. The molecule has 132 valence electrons. The van der Waals surface area contributed by atoms with E-state index in [1.165, 1.54) is 11.3 Å². The largest absolute Gasteiger partial charge is 0.351 e. The molecule has 2 amide bonds. The Labute approximate surface area is 156 Å². The van der Waals surface area contributed by atoms with Crippen molar-refractivity contribution in [2.75, 3.05) is 39.3 Å². The minimum absolute atomic E-state index is 0.105. The molecular formula is C18H20ClN3O2S. The molecule has 0 unspecified atom stereocenters. The first kappa shape index (κ1) is 17.9. The van der Waals surface area contributed by atoms with Crippen LogP contribution in [0.3, 0.4) is 0 Å². The van der Waals surface area contributed by atoms with Gasteiger partial charge in [0.15, 0.2) is 0 Å². The molecule has 0 aliphatic carbocycles. The van der Waals surface area contributed by atoms with Crippen LogP contribution in [0.15, 0.2) is 41.1 Å². The number of nitrogens with one attached hydrogen (secondary N) is 1. The van der Waals surface area contributed by atoms with Crippen LogP contribution in [0.25, 0.3) is 0 Å². The number of hydrogen-bond acceptors (Lipinski definition) is 4. The Bertz CT molecular complexity index is 728. The second-order valence-electron chi connectivity index (χ2n) is 5.88. The minimum Gasteiger partial charge on any atom is -0.351 e. The lowest BCUT2D eigenvalue weighted by Crippen LogP contribution is -2.50. The normalized spacial score (nSPS) is 15.2. The van der Waals surface area contributed by atoms with Crippen LogP contribution in [0.2, 0.25) is 5.02 Å². The second kappa shape index (κ2) is 8.47. The van der Waals surface area contributed by atoms with Crippen LogP contribution in [-0.2, 0) is 0 Å². The molecule has 1 aromatic heterocycles. The van der Waals surface area contributed by atoms with Crippen LogP contribution in [0.4, 0.5) is 0 Å². The van der Waals surface area contributed by atoms with Crippen LogP contribution in [0.5, 0.6) is 0 Å². The van der Waals surface area contributed by atoms with E-state index in [0.717, 1.165) is 25.2 Å². The van der Waals surface area contributed by atoms with Gasteiger partial charge in [-0.2, -0.15) is 11.3 Å². The number of thiophene rings is 1. The third-order valence-corrected chi connectivity index (χ3v) is 5.27. The summed E-state index contributed by atoms with van der Waals surface area (Å²) < 4.78 is 0. The highest BCUT2D eigenvalue weighted by molar-refractivity contribution is 7.08. The third-order valence-electron chi connectivity index (χ3n) is 4.26. The lowest BCUT2D eigenvalue weighted by molar-refractivity contribution is 0.0638. The van der Waals surface area contributed by atoms with Gasteiger partial charge in [0.25, 0.3) is 11.8 Å². The van der Waals surface area contributed by atoms with Crippen molar-refractivity contribution in [1.82, 2.24) is 15.1 Å². The van der Waals surface area contributed by atoms with Gasteiger partial charge in [-0.3, -0.25) is 14.5 Å². The molecule has 3 rings (SSSR count). The predicted molar refractivity (Wildman–Crippen MR) is 100 cm³/mol. The van der Waals surface area contributed by atoms with Crippen molar-refractivity contribution >= 4 is 34.8 Å².